The molecule has 0 aliphatic heterocycles. The smallest absolute Gasteiger partial charge is 0.266 e. The number of nitriles is 1. The first-order chi connectivity index (χ1) is 8.67. The number of aromatic nitrogens is 1. The Balaban J connectivity index is 2.67. The molecule has 0 saturated heterocycles. The van der Waals surface area contributed by atoms with Crippen LogP contribution in [0.15, 0.2) is 35.3 Å². The van der Waals surface area contributed by atoms with Gasteiger partial charge in [-0.25, -0.2) is 0 Å². The maximum Gasteiger partial charge on any atom is 0.266 e. The van der Waals surface area contributed by atoms with Gasteiger partial charge in [-0.3, -0.25) is 4.79 Å². The maximum atomic E-state index is 11.5. The first-order valence-corrected chi connectivity index (χ1v) is 5.16. The third-order valence-corrected chi connectivity index (χ3v) is 2.56. The number of aromatic amines is 1. The van der Waals surface area contributed by atoms with Crippen LogP contribution in [0, 0.1) is 11.3 Å². The molecule has 0 amide bonds. The van der Waals surface area contributed by atoms with Gasteiger partial charge in [0.25, 0.3) is 5.56 Å². The highest BCUT2D eigenvalue weighted by Gasteiger charge is 2.10. The van der Waals surface area contributed by atoms with Gasteiger partial charge in [0.05, 0.1) is 7.11 Å². The van der Waals surface area contributed by atoms with Crippen molar-refractivity contribution in [1.29, 1.82) is 5.26 Å². The number of ether oxygens (including phenoxy) is 1. The highest BCUT2D eigenvalue weighted by molar-refractivity contribution is 5.72. The molecule has 2 rings (SSSR count). The molecule has 1 aromatic heterocycles. The van der Waals surface area contributed by atoms with E-state index in [0.717, 1.165) is 0 Å². The molecule has 90 valence electrons. The van der Waals surface area contributed by atoms with Gasteiger partial charge in [0, 0.05) is 11.8 Å². The van der Waals surface area contributed by atoms with Crippen LogP contribution in [-0.2, 0) is 0 Å². The van der Waals surface area contributed by atoms with Crippen molar-refractivity contribution in [3.63, 3.8) is 0 Å². The first kappa shape index (κ1) is 11.7. The Labute approximate surface area is 103 Å². The third-order valence-electron chi connectivity index (χ3n) is 2.56. The van der Waals surface area contributed by atoms with Crippen LogP contribution in [0.3, 0.4) is 0 Å². The van der Waals surface area contributed by atoms with Gasteiger partial charge >= 0.3 is 0 Å². The molecule has 2 N–H and O–H groups in total. The zero-order valence-electron chi connectivity index (χ0n) is 9.60. The van der Waals surface area contributed by atoms with Crippen LogP contribution in [0.4, 0.5) is 0 Å². The maximum absolute atomic E-state index is 11.5. The van der Waals surface area contributed by atoms with Gasteiger partial charge in [0.1, 0.15) is 11.6 Å². The number of benzene rings is 1. The normalized spacial score (nSPS) is 9.78. The van der Waals surface area contributed by atoms with E-state index < -0.39 is 5.56 Å². The minimum atomic E-state index is -0.443. The topological polar surface area (TPSA) is 86.1 Å². The second kappa shape index (κ2) is 4.63. The summed E-state index contributed by atoms with van der Waals surface area (Å²) in [5, 5.41) is 18.5. The predicted molar refractivity (Wildman–Crippen MR) is 65.4 cm³/mol. The standard InChI is InChI=1S/C13H10N2O3/c1-18-12-6-8(2-3-11(12)16)9-4-5-15-13(17)10(9)7-14/h2-6,16H,1H3,(H,15,17). The zero-order valence-corrected chi connectivity index (χ0v) is 9.60. The number of hydrogen-bond acceptors (Lipinski definition) is 4. The molecule has 1 aromatic carbocycles. The molecule has 5 heteroatoms. The molecular formula is C13H10N2O3. The van der Waals surface area contributed by atoms with E-state index in [1.165, 1.54) is 19.4 Å². The Kier molecular flexibility index (Phi) is 3.02. The Morgan fingerprint density at radius 1 is 1.39 bits per heavy atom. The first-order valence-electron chi connectivity index (χ1n) is 5.16. The fourth-order valence-corrected chi connectivity index (χ4v) is 1.68. The molecule has 0 radical (unpaired) electrons. The van der Waals surface area contributed by atoms with Gasteiger partial charge in [0.2, 0.25) is 0 Å². The van der Waals surface area contributed by atoms with Gasteiger partial charge in [-0.05, 0) is 23.8 Å². The average molecular weight is 242 g/mol. The van der Waals surface area contributed by atoms with E-state index in [-0.39, 0.29) is 17.1 Å². The second-order valence-corrected chi connectivity index (χ2v) is 3.59. The van der Waals surface area contributed by atoms with E-state index in [0.29, 0.717) is 11.1 Å². The molecule has 0 unspecified atom stereocenters. The van der Waals surface area contributed by atoms with Crippen molar-refractivity contribution in [2.24, 2.45) is 0 Å². The predicted octanol–water partition coefficient (Wildman–Crippen LogP) is 1.63. The van der Waals surface area contributed by atoms with E-state index in [9.17, 15) is 9.90 Å². The van der Waals surface area contributed by atoms with Crippen LogP contribution in [0.5, 0.6) is 11.5 Å². The van der Waals surface area contributed by atoms with Crippen molar-refractivity contribution in [3.8, 4) is 28.7 Å². The zero-order chi connectivity index (χ0) is 13.1. The lowest BCUT2D eigenvalue weighted by molar-refractivity contribution is 0.373. The van der Waals surface area contributed by atoms with Gasteiger partial charge < -0.3 is 14.8 Å². The van der Waals surface area contributed by atoms with E-state index in [1.807, 2.05) is 6.07 Å². The van der Waals surface area contributed by atoms with Crippen LogP contribution in [0.1, 0.15) is 5.56 Å². The Morgan fingerprint density at radius 3 is 2.83 bits per heavy atom. The summed E-state index contributed by atoms with van der Waals surface area (Å²) in [6, 6.07) is 8.15. The number of nitrogens with zero attached hydrogens (tertiary/aromatic N) is 1. The summed E-state index contributed by atoms with van der Waals surface area (Å²) < 4.78 is 4.99. The molecule has 0 spiro atoms. The molecule has 0 bridgehead atoms. The molecule has 0 saturated carbocycles. The Morgan fingerprint density at radius 2 is 2.17 bits per heavy atom. The number of pyridine rings is 1. The van der Waals surface area contributed by atoms with E-state index in [4.69, 9.17) is 10.00 Å². The molecule has 5 nitrogen and oxygen atoms in total. The van der Waals surface area contributed by atoms with Crippen LogP contribution in [0.2, 0.25) is 0 Å². The summed E-state index contributed by atoms with van der Waals surface area (Å²) >= 11 is 0. The third kappa shape index (κ3) is 1.92. The molecule has 2 aromatic rings. The molecule has 0 atom stereocenters. The number of phenolic OH excluding ortho intramolecular Hbond substituents is 1. The quantitative estimate of drug-likeness (QED) is 0.837. The highest BCUT2D eigenvalue weighted by Crippen LogP contribution is 2.31. The summed E-state index contributed by atoms with van der Waals surface area (Å²) in [7, 11) is 1.43. The summed E-state index contributed by atoms with van der Waals surface area (Å²) in [4.78, 5) is 13.9. The Hall–Kier alpha value is -2.74. The van der Waals surface area contributed by atoms with Crippen molar-refractivity contribution in [1.82, 2.24) is 4.98 Å². The van der Waals surface area contributed by atoms with Gasteiger partial charge in [0.15, 0.2) is 11.5 Å². The second-order valence-electron chi connectivity index (χ2n) is 3.59. The largest absolute Gasteiger partial charge is 0.504 e. The molecular weight excluding hydrogens is 232 g/mol. The SMILES string of the molecule is COc1cc(-c2cc[nH]c(=O)c2C#N)ccc1O. The van der Waals surface area contributed by atoms with Gasteiger partial charge in [-0.15, -0.1) is 0 Å². The van der Waals surface area contributed by atoms with Crippen molar-refractivity contribution >= 4 is 0 Å². The lowest BCUT2D eigenvalue weighted by Gasteiger charge is -2.07. The number of nitrogens with one attached hydrogen (secondary N) is 1. The summed E-state index contributed by atoms with van der Waals surface area (Å²) in [6.45, 7) is 0. The molecule has 0 aliphatic carbocycles. The molecule has 0 aliphatic rings. The fraction of sp³-hybridized carbons (Fsp3) is 0.0769. The molecule has 18 heavy (non-hydrogen) atoms. The van der Waals surface area contributed by atoms with Crippen LogP contribution in [0.25, 0.3) is 11.1 Å². The van der Waals surface area contributed by atoms with Crippen LogP contribution < -0.4 is 10.3 Å². The number of hydrogen-bond donors (Lipinski definition) is 2. The summed E-state index contributed by atoms with van der Waals surface area (Å²) in [5.74, 6) is 0.293. The molecule has 1 heterocycles. The van der Waals surface area contributed by atoms with E-state index in [1.54, 1.807) is 18.2 Å². The van der Waals surface area contributed by atoms with Crippen molar-refractivity contribution in [2.45, 2.75) is 0 Å². The van der Waals surface area contributed by atoms with Gasteiger partial charge in [-0.1, -0.05) is 6.07 Å². The summed E-state index contributed by atoms with van der Waals surface area (Å²) in [5.41, 5.74) is 0.721. The monoisotopic (exact) mass is 242 g/mol. The van der Waals surface area contributed by atoms with Crippen molar-refractivity contribution in [3.05, 3.63) is 46.4 Å². The number of H-pyrrole nitrogens is 1. The minimum absolute atomic E-state index is 0.00426. The van der Waals surface area contributed by atoms with Crippen LogP contribution >= 0.6 is 0 Å². The van der Waals surface area contributed by atoms with Gasteiger partial charge in [-0.2, -0.15) is 5.26 Å². The number of phenols is 1. The lowest BCUT2D eigenvalue weighted by Crippen LogP contribution is -2.10. The number of aromatic hydroxyl groups is 1. The molecule has 0 fully saturated rings. The van der Waals surface area contributed by atoms with Crippen molar-refractivity contribution in [2.75, 3.05) is 7.11 Å². The van der Waals surface area contributed by atoms with E-state index in [2.05, 4.69) is 4.98 Å². The highest BCUT2D eigenvalue weighted by atomic mass is 16.5. The fourth-order valence-electron chi connectivity index (χ4n) is 1.68. The summed E-state index contributed by atoms with van der Waals surface area (Å²) in [6.07, 6.45) is 1.47. The average Bonchev–Trinajstić information content (AvgIpc) is 2.39. The van der Waals surface area contributed by atoms with E-state index >= 15 is 0 Å². The number of methoxy groups -OCH3 is 1. The van der Waals surface area contributed by atoms with Crippen molar-refractivity contribution < 1.29 is 9.84 Å². The van der Waals surface area contributed by atoms with Crippen LogP contribution in [-0.4, -0.2) is 17.2 Å². The number of rotatable bonds is 2. The Bertz CT molecular complexity index is 683. The lowest BCUT2D eigenvalue weighted by atomic mass is 10.0. The minimum Gasteiger partial charge on any atom is -0.504 e.